The fourth-order valence-electron chi connectivity index (χ4n) is 5.22. The van der Waals surface area contributed by atoms with Crippen molar-refractivity contribution in [2.24, 2.45) is 0 Å². The minimum Gasteiger partial charge on any atom is -0.350 e. The highest BCUT2D eigenvalue weighted by Gasteiger charge is 2.40. The maximum absolute atomic E-state index is 14.6. The number of carbonyl (C=O) groups is 2. The molecule has 4 aromatic carbocycles. The van der Waals surface area contributed by atoms with Crippen LogP contribution in [-0.4, -0.2) is 41.6 Å². The van der Waals surface area contributed by atoms with Crippen molar-refractivity contribution in [3.05, 3.63) is 120 Å². The summed E-state index contributed by atoms with van der Waals surface area (Å²) in [7, 11) is 0. The molecule has 0 atom stereocenters. The monoisotopic (exact) mass is 660 g/mol. The predicted octanol–water partition coefficient (Wildman–Crippen LogP) is 6.63. The third-order valence-corrected chi connectivity index (χ3v) is 7.40. The number of alkyl halides is 6. The van der Waals surface area contributed by atoms with Crippen LogP contribution in [0.1, 0.15) is 11.1 Å². The van der Waals surface area contributed by atoms with Crippen molar-refractivity contribution < 1.29 is 35.9 Å². The van der Waals surface area contributed by atoms with Crippen LogP contribution < -0.4 is 10.6 Å². The second-order valence-electron chi connectivity index (χ2n) is 10.5. The molecule has 2 aromatic heterocycles. The van der Waals surface area contributed by atoms with Gasteiger partial charge in [-0.1, -0.05) is 46.8 Å². The molecule has 16 heteroatoms. The molecule has 0 spiro atoms. The number of carbonyl (C=O) groups excluding carboxylic acids is 2. The van der Waals surface area contributed by atoms with E-state index in [-0.39, 0.29) is 22.4 Å². The molecule has 0 radical (unpaired) electrons. The minimum atomic E-state index is -4.73. The third-order valence-electron chi connectivity index (χ3n) is 7.40. The van der Waals surface area contributed by atoms with Gasteiger partial charge >= 0.3 is 12.4 Å². The van der Waals surface area contributed by atoms with Crippen LogP contribution in [0.4, 0.5) is 37.7 Å². The molecule has 0 aliphatic heterocycles. The molecule has 2 heterocycles. The molecule has 2 N–H and O–H groups in total. The lowest BCUT2D eigenvalue weighted by Gasteiger charge is -2.25. The first-order valence-corrected chi connectivity index (χ1v) is 14.0. The summed E-state index contributed by atoms with van der Waals surface area (Å²) in [6.45, 7) is 0. The number of hydrogen-bond acceptors (Lipinski definition) is 8. The molecule has 7 rings (SSSR count). The Morgan fingerprint density at radius 3 is 1.31 bits per heavy atom. The van der Waals surface area contributed by atoms with Gasteiger partial charge in [0.1, 0.15) is 33.8 Å². The van der Waals surface area contributed by atoms with E-state index in [1.165, 1.54) is 12.1 Å². The van der Waals surface area contributed by atoms with Gasteiger partial charge in [0.25, 0.3) is 0 Å². The number of halogens is 6. The number of ketones is 2. The summed E-state index contributed by atoms with van der Waals surface area (Å²) < 4.78 is 83.8. The predicted molar refractivity (Wildman–Crippen MR) is 162 cm³/mol. The molecular formula is C32H18F6N8O2. The summed E-state index contributed by atoms with van der Waals surface area (Å²) in [5, 5.41) is 21.6. The zero-order chi connectivity index (χ0) is 33.8. The number of anilines is 2. The molecule has 1 aliphatic rings. The standard InChI is InChI=1S/C32H18F6N8O2/c33-31(34,35)17-7-5-9-19(15-17)39-25-27(45-23-13-3-1-11-21(23)41-43-45)29(47)26(40-20-10-6-8-18(16-20)32(36,37)38)28(30(25)48)46-24-14-4-2-12-22(24)42-44-46/h1-16,39-40H. The zero-order valence-corrected chi connectivity index (χ0v) is 24.0. The molecule has 6 aromatic rings. The fourth-order valence-corrected chi connectivity index (χ4v) is 5.22. The smallest absolute Gasteiger partial charge is 0.350 e. The SMILES string of the molecule is O=C1C(Nc2cccc(C(F)(F)F)c2)=C(n2nnc3ccccc32)C(=O)C(Nc2cccc(C(F)(F)F)c2)=C1n1nnc2ccccc21. The average Bonchev–Trinajstić information content (AvgIpc) is 3.68. The van der Waals surface area contributed by atoms with Gasteiger partial charge in [0, 0.05) is 11.4 Å². The van der Waals surface area contributed by atoms with Gasteiger partial charge in [-0.15, -0.1) is 10.2 Å². The molecular weight excluding hydrogens is 642 g/mol. The van der Waals surface area contributed by atoms with Gasteiger partial charge in [-0.25, -0.2) is 9.36 Å². The van der Waals surface area contributed by atoms with E-state index in [0.29, 0.717) is 11.0 Å². The van der Waals surface area contributed by atoms with Gasteiger partial charge in [0.05, 0.1) is 22.2 Å². The molecule has 0 amide bonds. The van der Waals surface area contributed by atoms with Gasteiger partial charge < -0.3 is 10.6 Å². The molecule has 48 heavy (non-hydrogen) atoms. The first kappa shape index (κ1) is 30.3. The summed E-state index contributed by atoms with van der Waals surface area (Å²) in [6, 6.07) is 20.7. The third kappa shape index (κ3) is 5.32. The van der Waals surface area contributed by atoms with Crippen LogP contribution in [0.3, 0.4) is 0 Å². The number of nitrogens with zero attached hydrogens (tertiary/aromatic N) is 6. The van der Waals surface area contributed by atoms with E-state index in [4.69, 9.17) is 0 Å². The summed E-state index contributed by atoms with van der Waals surface area (Å²) in [5.41, 5.74) is -3.24. The second-order valence-corrected chi connectivity index (χ2v) is 10.5. The van der Waals surface area contributed by atoms with Crippen LogP contribution in [0.15, 0.2) is 108 Å². The van der Waals surface area contributed by atoms with Crippen molar-refractivity contribution in [3.8, 4) is 0 Å². The van der Waals surface area contributed by atoms with E-state index in [2.05, 4.69) is 31.3 Å². The molecule has 1 aliphatic carbocycles. The van der Waals surface area contributed by atoms with Gasteiger partial charge in [0.2, 0.25) is 11.6 Å². The first-order valence-electron chi connectivity index (χ1n) is 14.0. The molecule has 0 bridgehead atoms. The zero-order valence-electron chi connectivity index (χ0n) is 24.0. The Kier molecular flexibility index (Phi) is 7.07. The van der Waals surface area contributed by atoms with E-state index >= 15 is 0 Å². The Balaban J connectivity index is 1.48. The number of allylic oxidation sites excluding steroid dienone is 2. The maximum Gasteiger partial charge on any atom is 0.416 e. The van der Waals surface area contributed by atoms with E-state index in [0.717, 1.165) is 45.8 Å². The highest BCUT2D eigenvalue weighted by molar-refractivity contribution is 6.45. The quantitative estimate of drug-likeness (QED) is 0.151. The number of para-hydroxylation sites is 2. The Bertz CT molecular complexity index is 2170. The van der Waals surface area contributed by atoms with Crippen LogP contribution in [0.2, 0.25) is 0 Å². The number of Topliss-reactive ketones (excluding diaryl/α,β-unsaturated/α-hetero) is 2. The Labute approximate surface area is 265 Å². The Morgan fingerprint density at radius 2 is 0.917 bits per heavy atom. The molecule has 10 nitrogen and oxygen atoms in total. The van der Waals surface area contributed by atoms with Crippen LogP contribution in [0, 0.1) is 0 Å². The maximum atomic E-state index is 14.6. The van der Waals surface area contributed by atoms with Crippen molar-refractivity contribution in [2.45, 2.75) is 12.4 Å². The lowest BCUT2D eigenvalue weighted by molar-refractivity contribution is -0.138. The fraction of sp³-hybridized carbons (Fsp3) is 0.0625. The van der Waals surface area contributed by atoms with E-state index < -0.39 is 57.8 Å². The van der Waals surface area contributed by atoms with Gasteiger partial charge in [0.15, 0.2) is 0 Å². The normalized spacial score (nSPS) is 14.4. The van der Waals surface area contributed by atoms with Gasteiger partial charge in [-0.2, -0.15) is 26.3 Å². The number of fused-ring (bicyclic) bond motifs is 2. The van der Waals surface area contributed by atoms with Crippen LogP contribution >= 0.6 is 0 Å². The van der Waals surface area contributed by atoms with E-state index in [1.807, 2.05) is 0 Å². The Morgan fingerprint density at radius 1 is 0.521 bits per heavy atom. The average molecular weight is 661 g/mol. The first-order chi connectivity index (χ1) is 22.9. The van der Waals surface area contributed by atoms with Crippen LogP contribution in [-0.2, 0) is 21.9 Å². The Hall–Kier alpha value is -6.32. The van der Waals surface area contributed by atoms with Crippen molar-refractivity contribution >= 4 is 56.4 Å². The van der Waals surface area contributed by atoms with Gasteiger partial charge in [-0.3, -0.25) is 9.59 Å². The molecule has 0 fully saturated rings. The summed E-state index contributed by atoms with van der Waals surface area (Å²) >= 11 is 0. The summed E-state index contributed by atoms with van der Waals surface area (Å²) in [6.07, 6.45) is -9.45. The highest BCUT2D eigenvalue weighted by Crippen LogP contribution is 2.37. The summed E-state index contributed by atoms with van der Waals surface area (Å²) in [5.74, 6) is -1.93. The summed E-state index contributed by atoms with van der Waals surface area (Å²) in [4.78, 5) is 29.3. The number of nitrogens with one attached hydrogen (secondary N) is 2. The number of rotatable bonds is 6. The highest BCUT2D eigenvalue weighted by atomic mass is 19.4. The van der Waals surface area contributed by atoms with Crippen molar-refractivity contribution in [1.29, 1.82) is 0 Å². The number of hydrogen-bond donors (Lipinski definition) is 2. The van der Waals surface area contributed by atoms with Crippen molar-refractivity contribution in [3.63, 3.8) is 0 Å². The van der Waals surface area contributed by atoms with E-state index in [9.17, 15) is 35.9 Å². The minimum absolute atomic E-state index is 0.194. The topological polar surface area (TPSA) is 120 Å². The van der Waals surface area contributed by atoms with Crippen molar-refractivity contribution in [2.75, 3.05) is 10.6 Å². The number of aromatic nitrogens is 6. The largest absolute Gasteiger partial charge is 0.416 e. The van der Waals surface area contributed by atoms with E-state index in [1.54, 1.807) is 48.5 Å². The number of benzene rings is 4. The molecule has 0 saturated heterocycles. The lowest BCUT2D eigenvalue weighted by atomic mass is 9.97. The lowest BCUT2D eigenvalue weighted by Crippen LogP contribution is -2.34. The van der Waals surface area contributed by atoms with Crippen LogP contribution in [0.25, 0.3) is 33.5 Å². The molecule has 0 saturated carbocycles. The molecule has 240 valence electrons. The van der Waals surface area contributed by atoms with Crippen molar-refractivity contribution in [1.82, 2.24) is 30.0 Å². The second kappa shape index (κ2) is 11.2. The van der Waals surface area contributed by atoms with Crippen LogP contribution in [0.5, 0.6) is 0 Å². The van der Waals surface area contributed by atoms with Gasteiger partial charge in [-0.05, 0) is 60.7 Å². The molecule has 0 unspecified atom stereocenters.